The van der Waals surface area contributed by atoms with Crippen LogP contribution in [0.25, 0.3) is 157 Å². The molecule has 0 saturated heterocycles. The summed E-state index contributed by atoms with van der Waals surface area (Å²) >= 11 is 3.79. The van der Waals surface area contributed by atoms with Crippen LogP contribution in [0.15, 0.2) is 259 Å². The topological polar surface area (TPSA) is 13.1 Å². The van der Waals surface area contributed by atoms with Gasteiger partial charge in [-0.1, -0.05) is 200 Å². The molecule has 0 aliphatic heterocycles. The van der Waals surface area contributed by atoms with E-state index in [-0.39, 0.29) is 0 Å². The number of thiophene rings is 2. The molecule has 0 spiro atoms. The lowest BCUT2D eigenvalue weighted by Crippen LogP contribution is -2.03. The van der Waals surface area contributed by atoms with Crippen molar-refractivity contribution in [1.82, 2.24) is 0 Å². The molecule has 13 aromatic carbocycles. The molecule has 1 atom stereocenters. The molecule has 3 heteroatoms. The van der Waals surface area contributed by atoms with Gasteiger partial charge < -0.3 is 4.42 Å². The van der Waals surface area contributed by atoms with E-state index in [0.717, 1.165) is 28.4 Å². The molecule has 17 rings (SSSR count). The second-order valence-electron chi connectivity index (χ2n) is 21.3. The maximum absolute atomic E-state index is 6.88. The highest BCUT2D eigenvalue weighted by atomic mass is 32.1. The van der Waals surface area contributed by atoms with E-state index in [2.05, 4.69) is 261 Å². The number of benzene rings is 13. The molecule has 0 unspecified atom stereocenters. The van der Waals surface area contributed by atoms with Gasteiger partial charge >= 0.3 is 0 Å². The number of rotatable bonds is 6. The van der Waals surface area contributed by atoms with Crippen molar-refractivity contribution in [3.8, 4) is 55.6 Å². The minimum atomic E-state index is 0.366. The van der Waals surface area contributed by atoms with Crippen molar-refractivity contribution in [2.24, 2.45) is 0 Å². The van der Waals surface area contributed by atoms with Gasteiger partial charge in [0.15, 0.2) is 0 Å². The fourth-order valence-corrected chi connectivity index (χ4v) is 15.7. The Morgan fingerprint density at radius 2 is 0.772 bits per heavy atom. The van der Waals surface area contributed by atoms with E-state index in [4.69, 9.17) is 4.42 Å². The van der Waals surface area contributed by atoms with Crippen molar-refractivity contribution in [2.45, 2.75) is 12.3 Å². The van der Waals surface area contributed by atoms with E-state index in [1.165, 1.54) is 145 Å². The van der Waals surface area contributed by atoms with Crippen molar-refractivity contribution in [1.29, 1.82) is 0 Å². The summed E-state index contributed by atoms with van der Waals surface area (Å²) < 4.78 is 10.8. The Morgan fingerprint density at radius 1 is 0.316 bits per heavy atom. The first-order valence-corrected chi connectivity index (χ1v) is 28.9. The quantitative estimate of drug-likeness (QED) is 0.151. The van der Waals surface area contributed by atoms with Gasteiger partial charge in [0.2, 0.25) is 0 Å². The molecule has 1 aliphatic carbocycles. The number of allylic oxidation sites excluding steroid dienone is 1. The zero-order chi connectivity index (χ0) is 51.7. The molecule has 0 fully saturated rings. The summed E-state index contributed by atoms with van der Waals surface area (Å²) in [7, 11) is 0. The maximum atomic E-state index is 6.88. The van der Waals surface area contributed by atoms with Crippen LogP contribution in [-0.2, 0) is 6.42 Å². The summed E-state index contributed by atoms with van der Waals surface area (Å²) in [6.07, 6.45) is 5.76. The number of furan rings is 1. The highest BCUT2D eigenvalue weighted by Gasteiger charge is 2.25. The molecule has 3 aromatic heterocycles. The monoisotopic (exact) mass is 1040 g/mol. The summed E-state index contributed by atoms with van der Waals surface area (Å²) in [6.45, 7) is 0. The largest absolute Gasteiger partial charge is 0.456 e. The van der Waals surface area contributed by atoms with Crippen LogP contribution in [0, 0.1) is 0 Å². The van der Waals surface area contributed by atoms with E-state index in [9.17, 15) is 0 Å². The van der Waals surface area contributed by atoms with Crippen LogP contribution < -0.4 is 0 Å². The SMILES string of the molecule is C1=C[C@H](c2ccccc2)Cc2c1sc1ccc(-c3c4ccccc4c(-c4ccc5oc6cccc(-c7c8ccccc8c(-c8ccc9sc%10ccc(-c%11ccccc%11)cc%10c9c8)c8ccccc78)c6c5c4)c4ccccc34)cc21. The van der Waals surface area contributed by atoms with Crippen molar-refractivity contribution in [3.63, 3.8) is 0 Å². The third-order valence-corrected chi connectivity index (χ3v) is 19.4. The Labute approximate surface area is 464 Å². The van der Waals surface area contributed by atoms with Gasteiger partial charge in [0.1, 0.15) is 11.2 Å². The Hall–Kier alpha value is -9.38. The van der Waals surface area contributed by atoms with E-state index in [1.807, 2.05) is 22.7 Å². The molecule has 79 heavy (non-hydrogen) atoms. The first kappa shape index (κ1) is 44.7. The highest BCUT2D eigenvalue weighted by Crippen LogP contribution is 2.51. The Balaban J connectivity index is 0.839. The molecule has 1 aliphatic rings. The first-order valence-electron chi connectivity index (χ1n) is 27.3. The average molecular weight is 1040 g/mol. The van der Waals surface area contributed by atoms with E-state index in [1.54, 1.807) is 0 Å². The lowest BCUT2D eigenvalue weighted by molar-refractivity contribution is 0.669. The molecule has 16 aromatic rings. The molecule has 0 radical (unpaired) electrons. The van der Waals surface area contributed by atoms with Gasteiger partial charge in [0, 0.05) is 46.4 Å². The molecule has 1 nitrogen and oxygen atoms in total. The van der Waals surface area contributed by atoms with E-state index < -0.39 is 0 Å². The average Bonchev–Trinajstić information content (AvgIpc) is 4.41. The van der Waals surface area contributed by atoms with Gasteiger partial charge in [-0.3, -0.25) is 0 Å². The van der Waals surface area contributed by atoms with E-state index in [0.29, 0.717) is 5.92 Å². The Morgan fingerprint density at radius 3 is 1.34 bits per heavy atom. The minimum Gasteiger partial charge on any atom is -0.456 e. The summed E-state index contributed by atoms with van der Waals surface area (Å²) in [5, 5.41) is 16.1. The predicted molar refractivity (Wildman–Crippen MR) is 341 cm³/mol. The van der Waals surface area contributed by atoms with Crippen LogP contribution >= 0.6 is 22.7 Å². The van der Waals surface area contributed by atoms with Gasteiger partial charge in [-0.05, 0) is 182 Å². The summed E-state index contributed by atoms with van der Waals surface area (Å²) in [4.78, 5) is 1.38. The molecule has 0 bridgehead atoms. The summed E-state index contributed by atoms with van der Waals surface area (Å²) in [5.74, 6) is 0.366. The van der Waals surface area contributed by atoms with E-state index >= 15 is 0 Å². The third kappa shape index (κ3) is 6.93. The van der Waals surface area contributed by atoms with Crippen LogP contribution in [0.5, 0.6) is 0 Å². The molecule has 0 N–H and O–H groups in total. The lowest BCUT2D eigenvalue weighted by Gasteiger charge is -2.19. The lowest BCUT2D eigenvalue weighted by atomic mass is 9.84. The fraction of sp³-hybridized carbons (Fsp3) is 0.0263. The van der Waals surface area contributed by atoms with Crippen molar-refractivity contribution < 1.29 is 4.42 Å². The van der Waals surface area contributed by atoms with Crippen molar-refractivity contribution in [2.75, 3.05) is 0 Å². The molecule has 368 valence electrons. The van der Waals surface area contributed by atoms with Crippen LogP contribution in [0.4, 0.5) is 0 Å². The van der Waals surface area contributed by atoms with Crippen LogP contribution in [0.2, 0.25) is 0 Å². The molecule has 0 saturated carbocycles. The zero-order valence-electron chi connectivity index (χ0n) is 42.8. The van der Waals surface area contributed by atoms with Crippen molar-refractivity contribution >= 4 is 124 Å². The maximum Gasteiger partial charge on any atom is 0.136 e. The van der Waals surface area contributed by atoms with Gasteiger partial charge in [-0.25, -0.2) is 0 Å². The van der Waals surface area contributed by atoms with Gasteiger partial charge in [-0.15, -0.1) is 22.7 Å². The third-order valence-electron chi connectivity index (χ3n) is 17.0. The molecule has 0 amide bonds. The minimum absolute atomic E-state index is 0.366. The molecule has 3 heterocycles. The Bertz CT molecular complexity index is 5110. The second kappa shape index (κ2) is 17.6. The molecular formula is C76H46OS2. The predicted octanol–water partition coefficient (Wildman–Crippen LogP) is 22.5. The van der Waals surface area contributed by atoms with Crippen LogP contribution in [-0.4, -0.2) is 0 Å². The van der Waals surface area contributed by atoms with Gasteiger partial charge in [-0.2, -0.15) is 0 Å². The van der Waals surface area contributed by atoms with Gasteiger partial charge in [0.25, 0.3) is 0 Å². The standard InChI is InChI=1S/C76H46OS2/c1-3-16-45(17-4-1)47-31-36-68-61(40-47)63-42-50(33-38-70(63)78-68)73-54-22-9-7-20-52(54)72(53-21-8-10-23-55(53)73)49-30-35-66-65(44-49)76-60(28-15-29-67(76)77-66)75-58-26-13-11-24-56(58)74(57-25-12-14-27-59(57)75)51-34-39-71-64(43-51)62-41-48(32-37-69(62)79-71)46-18-5-2-6-19-46/h1-39,41-44,47H,40H2/t47-/m0/s1. The summed E-state index contributed by atoms with van der Waals surface area (Å²) in [6, 6.07) is 92.6. The van der Waals surface area contributed by atoms with Gasteiger partial charge in [0.05, 0.1) is 0 Å². The van der Waals surface area contributed by atoms with Crippen LogP contribution in [0.1, 0.15) is 21.9 Å². The van der Waals surface area contributed by atoms with Crippen molar-refractivity contribution in [3.05, 3.63) is 271 Å². The zero-order valence-corrected chi connectivity index (χ0v) is 44.5. The first-order chi connectivity index (χ1) is 39.2. The van der Waals surface area contributed by atoms with Crippen LogP contribution in [0.3, 0.4) is 0 Å². The second-order valence-corrected chi connectivity index (χ2v) is 23.5. The molecular weight excluding hydrogens is 993 g/mol. The fourth-order valence-electron chi connectivity index (χ4n) is 13.5. The number of fused-ring (bicyclic) bond motifs is 13. The smallest absolute Gasteiger partial charge is 0.136 e. The number of hydrogen-bond acceptors (Lipinski definition) is 3. The normalized spacial score (nSPS) is 13.6. The number of hydrogen-bond donors (Lipinski definition) is 0. The highest BCUT2D eigenvalue weighted by molar-refractivity contribution is 7.25. The Kier molecular flexibility index (Phi) is 9.95. The summed E-state index contributed by atoms with van der Waals surface area (Å²) in [5.41, 5.74) is 16.9.